The van der Waals surface area contributed by atoms with E-state index in [1.54, 1.807) is 4.52 Å². The normalized spacial score (nSPS) is 11.6. The first kappa shape index (κ1) is 9.98. The van der Waals surface area contributed by atoms with Crippen LogP contribution in [0.2, 0.25) is 0 Å². The van der Waals surface area contributed by atoms with Crippen LogP contribution in [0.25, 0.3) is 27.5 Å². The summed E-state index contributed by atoms with van der Waals surface area (Å²) in [6.07, 6.45) is 0. The maximum absolute atomic E-state index is 5.76. The summed E-state index contributed by atoms with van der Waals surface area (Å²) in [5, 5.41) is 12.2. The Morgan fingerprint density at radius 1 is 1.28 bits per heavy atom. The van der Waals surface area contributed by atoms with Gasteiger partial charge in [-0.2, -0.15) is 0 Å². The van der Waals surface area contributed by atoms with Crippen molar-refractivity contribution in [2.24, 2.45) is 0 Å². The highest BCUT2D eigenvalue weighted by atomic mass is 32.1. The Morgan fingerprint density at radius 2 is 2.17 bits per heavy atom. The summed E-state index contributed by atoms with van der Waals surface area (Å²) in [4.78, 5) is 0.732. The van der Waals surface area contributed by atoms with Gasteiger partial charge in [-0.3, -0.25) is 5.10 Å². The maximum Gasteiger partial charge on any atom is 0.234 e. The molecule has 5 nitrogen and oxygen atoms in total. The SMILES string of the molecule is S=c1[nH]n2c(-c3cc4ccccc4o3)nnc2s1. The lowest BCUT2D eigenvalue weighted by molar-refractivity contribution is 0.621. The highest BCUT2D eigenvalue weighted by Gasteiger charge is 2.14. The van der Waals surface area contributed by atoms with E-state index in [0.29, 0.717) is 15.5 Å². The van der Waals surface area contributed by atoms with Crippen molar-refractivity contribution in [3.63, 3.8) is 0 Å². The van der Waals surface area contributed by atoms with Crippen molar-refractivity contribution in [3.05, 3.63) is 34.3 Å². The van der Waals surface area contributed by atoms with E-state index in [1.165, 1.54) is 11.3 Å². The summed E-state index contributed by atoms with van der Waals surface area (Å²) in [7, 11) is 0. The molecule has 0 saturated carbocycles. The van der Waals surface area contributed by atoms with Gasteiger partial charge in [0.2, 0.25) is 10.8 Å². The van der Waals surface area contributed by atoms with Gasteiger partial charge in [0.15, 0.2) is 9.71 Å². The van der Waals surface area contributed by atoms with Crippen LogP contribution in [0.3, 0.4) is 0 Å². The summed E-state index contributed by atoms with van der Waals surface area (Å²) in [6, 6.07) is 9.77. The Bertz CT molecular complexity index is 881. The zero-order valence-corrected chi connectivity index (χ0v) is 10.6. The van der Waals surface area contributed by atoms with Crippen molar-refractivity contribution in [1.29, 1.82) is 0 Å². The molecule has 0 spiro atoms. The van der Waals surface area contributed by atoms with Crippen LogP contribution in [0, 0.1) is 3.95 Å². The predicted molar refractivity (Wildman–Crippen MR) is 71.3 cm³/mol. The number of aromatic nitrogens is 4. The molecule has 0 fully saturated rings. The quantitative estimate of drug-likeness (QED) is 0.541. The Hall–Kier alpha value is -1.99. The molecule has 1 aromatic carbocycles. The first-order chi connectivity index (χ1) is 8.81. The molecule has 7 heteroatoms. The van der Waals surface area contributed by atoms with Crippen LogP contribution in [0.4, 0.5) is 0 Å². The van der Waals surface area contributed by atoms with Crippen LogP contribution in [0.15, 0.2) is 34.7 Å². The second-order valence-electron chi connectivity index (χ2n) is 3.79. The van der Waals surface area contributed by atoms with E-state index in [1.807, 2.05) is 30.3 Å². The van der Waals surface area contributed by atoms with Gasteiger partial charge in [-0.1, -0.05) is 29.5 Å². The number of hydrogen-bond acceptors (Lipinski definition) is 5. The second kappa shape index (κ2) is 3.50. The van der Waals surface area contributed by atoms with E-state index < -0.39 is 0 Å². The summed E-state index contributed by atoms with van der Waals surface area (Å²) in [6.45, 7) is 0. The summed E-state index contributed by atoms with van der Waals surface area (Å²) < 4.78 is 8.16. The number of nitrogens with one attached hydrogen (secondary N) is 1. The van der Waals surface area contributed by atoms with Gasteiger partial charge in [0.1, 0.15) is 5.58 Å². The molecule has 0 atom stereocenters. The number of H-pyrrole nitrogens is 1. The molecule has 88 valence electrons. The second-order valence-corrected chi connectivity index (χ2v) is 5.44. The van der Waals surface area contributed by atoms with Crippen molar-refractivity contribution >= 4 is 39.5 Å². The number of para-hydroxylation sites is 1. The third-order valence-electron chi connectivity index (χ3n) is 2.67. The van der Waals surface area contributed by atoms with Gasteiger partial charge in [-0.05, 0) is 24.4 Å². The lowest BCUT2D eigenvalue weighted by Crippen LogP contribution is -1.87. The average Bonchev–Trinajstić information content (AvgIpc) is 3.00. The van der Waals surface area contributed by atoms with E-state index in [0.717, 1.165) is 15.9 Å². The van der Waals surface area contributed by atoms with E-state index in [-0.39, 0.29) is 0 Å². The van der Waals surface area contributed by atoms with Crippen molar-refractivity contribution < 1.29 is 4.42 Å². The van der Waals surface area contributed by atoms with E-state index in [2.05, 4.69) is 15.3 Å². The summed E-state index contributed by atoms with van der Waals surface area (Å²) >= 11 is 6.47. The maximum atomic E-state index is 5.76. The molecule has 18 heavy (non-hydrogen) atoms. The minimum absolute atomic E-state index is 0.633. The molecule has 4 aromatic rings. The van der Waals surface area contributed by atoms with Crippen LogP contribution < -0.4 is 0 Å². The first-order valence-electron chi connectivity index (χ1n) is 5.24. The predicted octanol–water partition coefficient (Wildman–Crippen LogP) is 3.26. The Labute approximate surface area is 110 Å². The van der Waals surface area contributed by atoms with E-state index >= 15 is 0 Å². The number of aromatic amines is 1. The smallest absolute Gasteiger partial charge is 0.234 e. The fourth-order valence-corrected chi connectivity index (χ4v) is 2.81. The molecule has 0 unspecified atom stereocenters. The number of fused-ring (bicyclic) bond motifs is 2. The molecule has 0 bridgehead atoms. The minimum Gasteiger partial charge on any atom is -0.453 e. The number of furan rings is 1. The first-order valence-corrected chi connectivity index (χ1v) is 6.47. The Balaban J connectivity index is 2.03. The zero-order valence-electron chi connectivity index (χ0n) is 8.95. The van der Waals surface area contributed by atoms with E-state index in [4.69, 9.17) is 16.6 Å². The van der Waals surface area contributed by atoms with Crippen molar-refractivity contribution in [3.8, 4) is 11.6 Å². The molecule has 0 aliphatic carbocycles. The molecule has 0 amide bonds. The van der Waals surface area contributed by atoms with Gasteiger partial charge < -0.3 is 4.42 Å². The fourth-order valence-electron chi connectivity index (χ4n) is 1.89. The molecular formula is C11H6N4OS2. The third-order valence-corrected chi connectivity index (χ3v) is 3.73. The largest absolute Gasteiger partial charge is 0.453 e. The topological polar surface area (TPSA) is 59.1 Å². The van der Waals surface area contributed by atoms with Gasteiger partial charge in [-0.15, -0.1) is 10.2 Å². The van der Waals surface area contributed by atoms with Gasteiger partial charge >= 0.3 is 0 Å². The summed E-state index contributed by atoms with van der Waals surface area (Å²) in [5.74, 6) is 1.31. The van der Waals surface area contributed by atoms with Crippen molar-refractivity contribution in [2.75, 3.05) is 0 Å². The van der Waals surface area contributed by atoms with Crippen molar-refractivity contribution in [1.82, 2.24) is 19.8 Å². The van der Waals surface area contributed by atoms with Crippen LogP contribution >= 0.6 is 23.6 Å². The van der Waals surface area contributed by atoms with Crippen LogP contribution in [-0.2, 0) is 0 Å². The highest BCUT2D eigenvalue weighted by Crippen LogP contribution is 2.27. The molecule has 4 rings (SSSR count). The standard InChI is InChI=1S/C11H6N4OS2/c17-11-14-15-9(12-13-10(15)18-11)8-5-6-3-1-2-4-7(6)16-8/h1-5H,(H,14,17). The average molecular weight is 274 g/mol. The molecule has 0 radical (unpaired) electrons. The van der Waals surface area contributed by atoms with E-state index in [9.17, 15) is 0 Å². The molecule has 0 aliphatic heterocycles. The van der Waals surface area contributed by atoms with Gasteiger partial charge in [0.25, 0.3) is 0 Å². The number of rotatable bonds is 1. The Morgan fingerprint density at radius 3 is 3.06 bits per heavy atom. The van der Waals surface area contributed by atoms with Gasteiger partial charge in [0.05, 0.1) is 0 Å². The minimum atomic E-state index is 0.633. The fraction of sp³-hybridized carbons (Fsp3) is 0. The molecule has 1 N–H and O–H groups in total. The zero-order chi connectivity index (χ0) is 12.1. The molecule has 3 aromatic heterocycles. The van der Waals surface area contributed by atoms with Crippen LogP contribution in [0.5, 0.6) is 0 Å². The van der Waals surface area contributed by atoms with Crippen molar-refractivity contribution in [2.45, 2.75) is 0 Å². The molecule has 3 heterocycles. The lowest BCUT2D eigenvalue weighted by atomic mass is 10.2. The number of nitrogens with zero attached hydrogens (tertiary/aromatic N) is 3. The Kier molecular flexibility index (Phi) is 1.94. The number of benzene rings is 1. The highest BCUT2D eigenvalue weighted by molar-refractivity contribution is 7.73. The lowest BCUT2D eigenvalue weighted by Gasteiger charge is -1.89. The molecule has 0 aliphatic rings. The third kappa shape index (κ3) is 1.34. The van der Waals surface area contributed by atoms with Crippen LogP contribution in [-0.4, -0.2) is 19.8 Å². The number of hydrogen-bond donors (Lipinski definition) is 1. The van der Waals surface area contributed by atoms with Gasteiger partial charge in [-0.25, -0.2) is 4.52 Å². The van der Waals surface area contributed by atoms with Crippen LogP contribution in [0.1, 0.15) is 0 Å². The monoisotopic (exact) mass is 274 g/mol. The van der Waals surface area contributed by atoms with Gasteiger partial charge in [0, 0.05) is 5.39 Å². The molecular weight excluding hydrogens is 268 g/mol. The summed E-state index contributed by atoms with van der Waals surface area (Å²) in [5.41, 5.74) is 0.832. The molecule has 0 saturated heterocycles.